The smallest absolute Gasteiger partial charge is 0.287 e. The minimum absolute atomic E-state index is 0.0961. The zero-order valence-corrected chi connectivity index (χ0v) is 13.9. The predicted molar refractivity (Wildman–Crippen MR) is 92.6 cm³/mol. The number of H-pyrrole nitrogens is 1. The summed E-state index contributed by atoms with van der Waals surface area (Å²) < 4.78 is 0. The number of rotatable bonds is 5. The number of nitrogens with zero attached hydrogens (tertiary/aromatic N) is 3. The van der Waals surface area contributed by atoms with E-state index in [4.69, 9.17) is 0 Å². The van der Waals surface area contributed by atoms with Gasteiger partial charge in [-0.05, 0) is 36.8 Å². The Morgan fingerprint density at radius 2 is 2.00 bits per heavy atom. The van der Waals surface area contributed by atoms with Crippen molar-refractivity contribution in [3.63, 3.8) is 0 Å². The number of hydrogen-bond donors (Lipinski definition) is 4. The molecule has 0 aliphatic heterocycles. The van der Waals surface area contributed by atoms with Crippen LogP contribution < -0.4 is 10.6 Å². The van der Waals surface area contributed by atoms with Gasteiger partial charge in [0.15, 0.2) is 11.5 Å². The van der Waals surface area contributed by atoms with E-state index in [1.54, 1.807) is 25.3 Å². The monoisotopic (exact) mass is 352 g/mol. The van der Waals surface area contributed by atoms with Gasteiger partial charge >= 0.3 is 0 Å². The Labute approximate surface area is 148 Å². The molecule has 9 heteroatoms. The summed E-state index contributed by atoms with van der Waals surface area (Å²) >= 11 is 0. The molecule has 132 valence electrons. The van der Waals surface area contributed by atoms with E-state index in [0.29, 0.717) is 0 Å². The van der Waals surface area contributed by atoms with Crippen LogP contribution in [0.5, 0.6) is 5.75 Å². The first-order valence-electron chi connectivity index (χ1n) is 7.73. The molecule has 0 atom stereocenters. The largest absolute Gasteiger partial charge is 0.505 e. The van der Waals surface area contributed by atoms with Gasteiger partial charge in [0, 0.05) is 30.8 Å². The fourth-order valence-corrected chi connectivity index (χ4v) is 2.19. The highest BCUT2D eigenvalue weighted by atomic mass is 16.3. The molecule has 3 aromatic rings. The van der Waals surface area contributed by atoms with Crippen LogP contribution in [0.2, 0.25) is 0 Å². The zero-order valence-electron chi connectivity index (χ0n) is 13.9. The Bertz CT molecular complexity index is 953. The third-order valence-corrected chi connectivity index (χ3v) is 3.44. The van der Waals surface area contributed by atoms with Crippen molar-refractivity contribution in [1.29, 1.82) is 0 Å². The van der Waals surface area contributed by atoms with E-state index in [0.717, 1.165) is 11.3 Å². The Morgan fingerprint density at radius 3 is 2.73 bits per heavy atom. The molecular formula is C17H16N6O3. The van der Waals surface area contributed by atoms with Crippen molar-refractivity contribution < 1.29 is 14.7 Å². The number of nitrogens with one attached hydrogen (secondary N) is 3. The lowest BCUT2D eigenvalue weighted by Gasteiger charge is -2.08. The first-order valence-corrected chi connectivity index (χ1v) is 7.73. The van der Waals surface area contributed by atoms with Crippen LogP contribution in [0.3, 0.4) is 0 Å². The fraction of sp³-hybridized carbons (Fsp3) is 0.118. The minimum Gasteiger partial charge on any atom is -0.505 e. The van der Waals surface area contributed by atoms with E-state index in [1.807, 2.05) is 0 Å². The SMILES string of the molecule is Cc1cnc(C(=O)NCc2ccnc(NC(=O)c3ncccc3O)c2)[nH]1. The van der Waals surface area contributed by atoms with E-state index < -0.39 is 5.91 Å². The Kier molecular flexibility index (Phi) is 4.88. The van der Waals surface area contributed by atoms with Crippen LogP contribution in [0.4, 0.5) is 5.82 Å². The Balaban J connectivity index is 1.64. The topological polar surface area (TPSA) is 133 Å². The molecule has 0 spiro atoms. The molecule has 3 rings (SSSR count). The van der Waals surface area contributed by atoms with E-state index in [-0.39, 0.29) is 35.5 Å². The number of hydrogen-bond acceptors (Lipinski definition) is 6. The maximum absolute atomic E-state index is 12.1. The van der Waals surface area contributed by atoms with Crippen molar-refractivity contribution in [2.75, 3.05) is 5.32 Å². The van der Waals surface area contributed by atoms with Crippen LogP contribution in [-0.4, -0.2) is 36.9 Å². The lowest BCUT2D eigenvalue weighted by atomic mass is 10.2. The number of aryl methyl sites for hydroxylation is 1. The van der Waals surface area contributed by atoms with Crippen LogP contribution >= 0.6 is 0 Å². The molecule has 0 bridgehead atoms. The average Bonchev–Trinajstić information content (AvgIpc) is 3.07. The van der Waals surface area contributed by atoms with Gasteiger partial charge in [0.1, 0.15) is 11.6 Å². The fourth-order valence-electron chi connectivity index (χ4n) is 2.19. The second-order valence-electron chi connectivity index (χ2n) is 5.47. The zero-order chi connectivity index (χ0) is 18.5. The van der Waals surface area contributed by atoms with Gasteiger partial charge in [-0.3, -0.25) is 9.59 Å². The molecule has 2 amide bonds. The normalized spacial score (nSPS) is 10.3. The van der Waals surface area contributed by atoms with E-state index in [1.165, 1.54) is 24.5 Å². The van der Waals surface area contributed by atoms with Crippen molar-refractivity contribution in [3.05, 3.63) is 65.6 Å². The van der Waals surface area contributed by atoms with Gasteiger partial charge < -0.3 is 20.7 Å². The van der Waals surface area contributed by atoms with E-state index >= 15 is 0 Å². The average molecular weight is 352 g/mol. The maximum atomic E-state index is 12.1. The third kappa shape index (κ3) is 4.01. The number of anilines is 1. The van der Waals surface area contributed by atoms with Gasteiger partial charge in [0.25, 0.3) is 11.8 Å². The number of amides is 2. The number of aromatic hydroxyl groups is 1. The molecule has 0 saturated heterocycles. The number of carbonyl (C=O) groups excluding carboxylic acids is 2. The van der Waals surface area contributed by atoms with Crippen LogP contribution in [-0.2, 0) is 6.54 Å². The van der Waals surface area contributed by atoms with Gasteiger partial charge in [0.2, 0.25) is 0 Å². The summed E-state index contributed by atoms with van der Waals surface area (Å²) in [6.45, 7) is 2.04. The highest BCUT2D eigenvalue weighted by Crippen LogP contribution is 2.15. The molecule has 4 N–H and O–H groups in total. The molecule has 0 aliphatic carbocycles. The number of aromatic amines is 1. The van der Waals surface area contributed by atoms with E-state index in [9.17, 15) is 14.7 Å². The lowest BCUT2D eigenvalue weighted by Crippen LogP contribution is -2.24. The summed E-state index contributed by atoms with van der Waals surface area (Å²) in [6.07, 6.45) is 4.48. The number of pyridine rings is 2. The number of aromatic nitrogens is 4. The third-order valence-electron chi connectivity index (χ3n) is 3.44. The van der Waals surface area contributed by atoms with Gasteiger partial charge in [-0.15, -0.1) is 0 Å². The summed E-state index contributed by atoms with van der Waals surface area (Å²) in [5, 5.41) is 15.0. The van der Waals surface area contributed by atoms with Crippen LogP contribution in [0, 0.1) is 6.92 Å². The second kappa shape index (κ2) is 7.43. The highest BCUT2D eigenvalue weighted by Gasteiger charge is 2.13. The first-order chi connectivity index (χ1) is 12.5. The quantitative estimate of drug-likeness (QED) is 0.548. The molecule has 9 nitrogen and oxygen atoms in total. The van der Waals surface area contributed by atoms with E-state index in [2.05, 4.69) is 30.6 Å². The maximum Gasteiger partial charge on any atom is 0.287 e. The summed E-state index contributed by atoms with van der Waals surface area (Å²) in [7, 11) is 0. The molecule has 0 radical (unpaired) electrons. The summed E-state index contributed by atoms with van der Waals surface area (Å²) in [4.78, 5) is 38.8. The van der Waals surface area contributed by atoms with Crippen LogP contribution in [0.1, 0.15) is 32.4 Å². The van der Waals surface area contributed by atoms with Gasteiger partial charge in [-0.2, -0.15) is 0 Å². The number of carbonyl (C=O) groups is 2. The predicted octanol–water partition coefficient (Wildman–Crippen LogP) is 1.40. The van der Waals surface area contributed by atoms with Gasteiger partial charge in [-0.1, -0.05) is 0 Å². The van der Waals surface area contributed by atoms with Crippen LogP contribution in [0.15, 0.2) is 42.9 Å². The molecule has 0 unspecified atom stereocenters. The second-order valence-corrected chi connectivity index (χ2v) is 5.47. The van der Waals surface area contributed by atoms with Crippen molar-refractivity contribution in [3.8, 4) is 5.75 Å². The minimum atomic E-state index is -0.581. The molecule has 3 aromatic heterocycles. The molecule has 0 aliphatic rings. The summed E-state index contributed by atoms with van der Waals surface area (Å²) in [6, 6.07) is 6.22. The first kappa shape index (κ1) is 17.1. The standard InChI is InChI=1S/C17H16N6O3/c1-10-8-20-15(22-10)17(26)21-9-11-4-6-18-13(7-11)23-16(25)14-12(24)3-2-5-19-14/h2-8,24H,9H2,1H3,(H,20,22)(H,21,26)(H,18,23,25). The summed E-state index contributed by atoms with van der Waals surface area (Å²) in [5.74, 6) is -0.625. The molecule has 26 heavy (non-hydrogen) atoms. The summed E-state index contributed by atoms with van der Waals surface area (Å²) in [5.41, 5.74) is 1.43. The lowest BCUT2D eigenvalue weighted by molar-refractivity contribution is 0.0940. The van der Waals surface area contributed by atoms with Crippen molar-refractivity contribution in [2.45, 2.75) is 13.5 Å². The number of imidazole rings is 1. The Hall–Kier alpha value is -3.75. The van der Waals surface area contributed by atoms with Crippen LogP contribution in [0.25, 0.3) is 0 Å². The van der Waals surface area contributed by atoms with Crippen molar-refractivity contribution in [1.82, 2.24) is 25.3 Å². The molecule has 0 saturated carbocycles. The molecule has 0 fully saturated rings. The van der Waals surface area contributed by atoms with Crippen molar-refractivity contribution >= 4 is 17.6 Å². The van der Waals surface area contributed by atoms with Gasteiger partial charge in [0.05, 0.1) is 0 Å². The van der Waals surface area contributed by atoms with Crippen molar-refractivity contribution in [2.24, 2.45) is 0 Å². The highest BCUT2D eigenvalue weighted by molar-refractivity contribution is 6.04. The molecular weight excluding hydrogens is 336 g/mol. The molecule has 0 aromatic carbocycles. The van der Waals surface area contributed by atoms with Gasteiger partial charge in [-0.25, -0.2) is 15.0 Å². The Morgan fingerprint density at radius 1 is 1.15 bits per heavy atom. The molecule has 3 heterocycles.